The van der Waals surface area contributed by atoms with E-state index in [9.17, 15) is 23.9 Å². The number of piperidine rings is 1. The van der Waals surface area contributed by atoms with E-state index in [0.717, 1.165) is 16.7 Å². The molecule has 0 unspecified atom stereocenters. The maximum Gasteiger partial charge on any atom is 0.326 e. The second-order valence-electron chi connectivity index (χ2n) is 10.8. The van der Waals surface area contributed by atoms with E-state index in [-0.39, 0.29) is 42.7 Å². The summed E-state index contributed by atoms with van der Waals surface area (Å²) < 4.78 is 25.1. The summed E-state index contributed by atoms with van der Waals surface area (Å²) in [7, 11) is 0. The van der Waals surface area contributed by atoms with Crippen molar-refractivity contribution in [2.75, 3.05) is 19.7 Å². The number of carboxylic acid groups (broad SMARTS) is 1. The van der Waals surface area contributed by atoms with Gasteiger partial charge in [0, 0.05) is 32.4 Å². The fraction of sp³-hybridized carbons (Fsp3) is 0.382. The molecule has 0 bridgehead atoms. The number of nitrogens with zero attached hydrogens (tertiary/aromatic N) is 1. The minimum absolute atomic E-state index is 0.000352. The lowest BCUT2D eigenvalue weighted by molar-refractivity contribution is -0.142. The summed E-state index contributed by atoms with van der Waals surface area (Å²) in [6.07, 6.45) is 2.41. The molecule has 3 aromatic carbocycles. The molecule has 0 saturated carbocycles. The lowest BCUT2D eigenvalue weighted by Crippen LogP contribution is -2.44. The van der Waals surface area contributed by atoms with Crippen LogP contribution < -0.4 is 14.8 Å². The van der Waals surface area contributed by atoms with E-state index in [1.54, 1.807) is 36.1 Å². The molecular formula is C34H39FN2O6. The van der Waals surface area contributed by atoms with Crippen molar-refractivity contribution in [3.05, 3.63) is 95.3 Å². The van der Waals surface area contributed by atoms with Crippen molar-refractivity contribution in [3.63, 3.8) is 0 Å². The minimum atomic E-state index is -1.09. The SMILES string of the molecule is CCOc1ccc(CCC(=O)N2CCC(CC(=O)N[C@@H](Cc3ccc(OCc4ccccc4)cc3)C(=O)O)CC2)cc1F. The predicted molar refractivity (Wildman–Crippen MR) is 160 cm³/mol. The highest BCUT2D eigenvalue weighted by Gasteiger charge is 2.26. The number of carbonyl (C=O) groups excluding carboxylic acids is 2. The molecule has 9 heteroatoms. The Morgan fingerprint density at radius 1 is 0.953 bits per heavy atom. The Bertz CT molecular complexity index is 1360. The lowest BCUT2D eigenvalue weighted by Gasteiger charge is -2.32. The van der Waals surface area contributed by atoms with Gasteiger partial charge in [0.05, 0.1) is 6.61 Å². The number of carboxylic acids is 1. The van der Waals surface area contributed by atoms with Crippen LogP contribution in [0.5, 0.6) is 11.5 Å². The highest BCUT2D eigenvalue weighted by Crippen LogP contribution is 2.23. The van der Waals surface area contributed by atoms with Gasteiger partial charge in [-0.05, 0) is 73.1 Å². The molecule has 0 spiro atoms. The molecule has 43 heavy (non-hydrogen) atoms. The van der Waals surface area contributed by atoms with Crippen LogP contribution in [0.1, 0.15) is 49.3 Å². The molecule has 2 N–H and O–H groups in total. The van der Waals surface area contributed by atoms with Gasteiger partial charge < -0.3 is 24.8 Å². The van der Waals surface area contributed by atoms with Gasteiger partial charge in [-0.15, -0.1) is 0 Å². The molecule has 4 rings (SSSR count). The van der Waals surface area contributed by atoms with Crippen molar-refractivity contribution in [2.24, 2.45) is 5.92 Å². The molecule has 0 aliphatic carbocycles. The maximum absolute atomic E-state index is 14.1. The standard InChI is InChI=1S/C34H39FN2O6/c1-2-42-31-14-10-24(20-29(31)35)11-15-33(39)37-18-16-26(17-19-37)22-32(38)36-30(34(40)41)21-25-8-12-28(13-9-25)43-23-27-6-4-3-5-7-27/h3-10,12-14,20,26,30H,2,11,15-19,21-23H2,1H3,(H,36,38)(H,40,41)/t30-/m0/s1. The molecule has 0 radical (unpaired) electrons. The Hall–Kier alpha value is -4.40. The van der Waals surface area contributed by atoms with Crippen molar-refractivity contribution in [2.45, 2.75) is 58.1 Å². The molecule has 8 nitrogen and oxygen atoms in total. The third-order valence-corrected chi connectivity index (χ3v) is 7.61. The van der Waals surface area contributed by atoms with Gasteiger partial charge in [-0.1, -0.05) is 48.5 Å². The average molecular weight is 591 g/mol. The minimum Gasteiger partial charge on any atom is -0.491 e. The van der Waals surface area contributed by atoms with Crippen LogP contribution in [0.3, 0.4) is 0 Å². The first-order valence-electron chi connectivity index (χ1n) is 14.8. The molecule has 1 fully saturated rings. The Kier molecular flexibility index (Phi) is 11.5. The van der Waals surface area contributed by atoms with E-state index in [4.69, 9.17) is 9.47 Å². The molecule has 228 valence electrons. The summed E-state index contributed by atoms with van der Waals surface area (Å²) in [5, 5.41) is 12.4. The van der Waals surface area contributed by atoms with Gasteiger partial charge in [-0.25, -0.2) is 9.18 Å². The number of aliphatic carboxylic acids is 1. The maximum atomic E-state index is 14.1. The van der Waals surface area contributed by atoms with E-state index >= 15 is 0 Å². The average Bonchev–Trinajstić information content (AvgIpc) is 3.01. The van der Waals surface area contributed by atoms with Crippen molar-refractivity contribution in [1.82, 2.24) is 10.2 Å². The number of nitrogens with one attached hydrogen (secondary N) is 1. The molecule has 1 aliphatic rings. The molecule has 1 heterocycles. The summed E-state index contributed by atoms with van der Waals surface area (Å²) in [5.74, 6) is -0.879. The number of rotatable bonds is 14. The second kappa shape index (κ2) is 15.7. The van der Waals surface area contributed by atoms with Gasteiger partial charge >= 0.3 is 5.97 Å². The number of benzene rings is 3. The fourth-order valence-electron chi connectivity index (χ4n) is 5.18. The first kappa shape index (κ1) is 31.5. The number of hydrogen-bond acceptors (Lipinski definition) is 5. The van der Waals surface area contributed by atoms with Gasteiger partial charge in [0.1, 0.15) is 18.4 Å². The first-order chi connectivity index (χ1) is 20.8. The quantitative estimate of drug-likeness (QED) is 0.268. The number of ether oxygens (including phenoxy) is 2. The Morgan fingerprint density at radius 3 is 2.30 bits per heavy atom. The zero-order valence-corrected chi connectivity index (χ0v) is 24.5. The van der Waals surface area contributed by atoms with Gasteiger partial charge in [-0.3, -0.25) is 9.59 Å². The molecule has 1 aliphatic heterocycles. The summed E-state index contributed by atoms with van der Waals surface area (Å²) in [6.45, 7) is 3.68. The summed E-state index contributed by atoms with van der Waals surface area (Å²) in [5.41, 5.74) is 2.57. The number of aryl methyl sites for hydroxylation is 1. The van der Waals surface area contributed by atoms with Crippen LogP contribution >= 0.6 is 0 Å². The first-order valence-corrected chi connectivity index (χ1v) is 14.8. The zero-order valence-electron chi connectivity index (χ0n) is 24.5. The predicted octanol–water partition coefficient (Wildman–Crippen LogP) is 5.18. The summed E-state index contributed by atoms with van der Waals surface area (Å²) in [6, 6.07) is 20.7. The molecular weight excluding hydrogens is 551 g/mol. The largest absolute Gasteiger partial charge is 0.491 e. The van der Waals surface area contributed by atoms with E-state index in [2.05, 4.69) is 5.32 Å². The van der Waals surface area contributed by atoms with Crippen LogP contribution in [0, 0.1) is 11.7 Å². The van der Waals surface area contributed by atoms with Crippen LogP contribution in [-0.2, 0) is 33.8 Å². The third kappa shape index (κ3) is 9.84. The molecule has 3 aromatic rings. The smallest absolute Gasteiger partial charge is 0.326 e. The summed E-state index contributed by atoms with van der Waals surface area (Å²) >= 11 is 0. The van der Waals surface area contributed by atoms with Gasteiger partial charge in [-0.2, -0.15) is 0 Å². The lowest BCUT2D eigenvalue weighted by atomic mass is 9.92. The third-order valence-electron chi connectivity index (χ3n) is 7.61. The van der Waals surface area contributed by atoms with E-state index in [0.29, 0.717) is 51.3 Å². The fourth-order valence-corrected chi connectivity index (χ4v) is 5.18. The zero-order chi connectivity index (χ0) is 30.6. The molecule has 1 saturated heterocycles. The second-order valence-corrected chi connectivity index (χ2v) is 10.8. The normalized spacial score (nSPS) is 14.1. The van der Waals surface area contributed by atoms with Crippen LogP contribution in [0.15, 0.2) is 72.8 Å². The van der Waals surface area contributed by atoms with Gasteiger partial charge in [0.15, 0.2) is 11.6 Å². The highest BCUT2D eigenvalue weighted by atomic mass is 19.1. The van der Waals surface area contributed by atoms with Gasteiger partial charge in [0.25, 0.3) is 0 Å². The van der Waals surface area contributed by atoms with Crippen molar-refractivity contribution in [3.8, 4) is 11.5 Å². The van der Waals surface area contributed by atoms with Crippen LogP contribution in [0.2, 0.25) is 0 Å². The number of carbonyl (C=O) groups is 3. The van der Waals surface area contributed by atoms with Crippen molar-refractivity contribution in [1.29, 1.82) is 0 Å². The Balaban J connectivity index is 1.18. The topological polar surface area (TPSA) is 105 Å². The van der Waals surface area contributed by atoms with Crippen molar-refractivity contribution >= 4 is 17.8 Å². The number of hydrogen-bond donors (Lipinski definition) is 2. The molecule has 1 atom stereocenters. The Morgan fingerprint density at radius 2 is 1.65 bits per heavy atom. The van der Waals surface area contributed by atoms with Gasteiger partial charge in [0.2, 0.25) is 11.8 Å². The monoisotopic (exact) mass is 590 g/mol. The number of amides is 2. The van der Waals surface area contributed by atoms with E-state index in [1.165, 1.54) is 6.07 Å². The van der Waals surface area contributed by atoms with Crippen molar-refractivity contribution < 1.29 is 33.4 Å². The van der Waals surface area contributed by atoms with E-state index < -0.39 is 17.8 Å². The highest BCUT2D eigenvalue weighted by molar-refractivity contribution is 5.84. The number of likely N-dealkylation sites (tertiary alicyclic amines) is 1. The van der Waals surface area contributed by atoms with Crippen LogP contribution in [0.25, 0.3) is 0 Å². The van der Waals surface area contributed by atoms with Crippen LogP contribution in [0.4, 0.5) is 4.39 Å². The summed E-state index contributed by atoms with van der Waals surface area (Å²) in [4.78, 5) is 39.1. The number of halogens is 1. The van der Waals surface area contributed by atoms with E-state index in [1.807, 2.05) is 42.5 Å². The Labute approximate surface area is 251 Å². The molecule has 2 amide bonds. The van der Waals surface area contributed by atoms with Crippen LogP contribution in [-0.4, -0.2) is 53.5 Å². The molecule has 0 aromatic heterocycles.